The number of pyridine rings is 1. The number of hydrogen-bond donors (Lipinski definition) is 1. The zero-order valence-electron chi connectivity index (χ0n) is 6.54. The van der Waals surface area contributed by atoms with Crippen LogP contribution in [0.1, 0.15) is 0 Å². The van der Waals surface area contributed by atoms with E-state index in [1.165, 1.54) is 0 Å². The smallest absolute Gasteiger partial charge is 0.449 e. The summed E-state index contributed by atoms with van der Waals surface area (Å²) < 4.78 is 6.14. The summed E-state index contributed by atoms with van der Waals surface area (Å²) >= 11 is 0. The van der Waals surface area contributed by atoms with Crippen LogP contribution in [0.25, 0.3) is 5.65 Å². The summed E-state index contributed by atoms with van der Waals surface area (Å²) in [5.41, 5.74) is 0.748. The molecule has 5 heteroatoms. The molecule has 0 unspecified atom stereocenters. The lowest BCUT2D eigenvalue weighted by Crippen LogP contribution is -2.03. The van der Waals surface area contributed by atoms with Crippen molar-refractivity contribution in [2.75, 3.05) is 0 Å². The molecule has 0 amide bonds. The van der Waals surface area contributed by atoms with Gasteiger partial charge in [-0.15, -0.1) is 0 Å². The normalized spacial score (nSPS) is 10.2. The molecule has 0 aliphatic heterocycles. The van der Waals surface area contributed by atoms with E-state index in [2.05, 4.69) is 9.72 Å². The number of imidazole rings is 1. The van der Waals surface area contributed by atoms with Gasteiger partial charge in [-0.1, -0.05) is 0 Å². The van der Waals surface area contributed by atoms with Crippen LogP contribution in [-0.4, -0.2) is 20.6 Å². The Bertz CT molecular complexity index is 449. The van der Waals surface area contributed by atoms with Crippen molar-refractivity contribution >= 4 is 11.8 Å². The van der Waals surface area contributed by atoms with Gasteiger partial charge in [-0.2, -0.15) is 0 Å². The molecule has 0 spiro atoms. The van der Waals surface area contributed by atoms with Crippen LogP contribution in [0.3, 0.4) is 0 Å². The van der Waals surface area contributed by atoms with Gasteiger partial charge in [-0.25, -0.2) is 9.78 Å². The van der Waals surface area contributed by atoms with Crippen LogP contribution >= 0.6 is 0 Å². The molecule has 1 N–H and O–H groups in total. The lowest BCUT2D eigenvalue weighted by molar-refractivity contribution is 0.144. The minimum atomic E-state index is -1.32. The van der Waals surface area contributed by atoms with Crippen molar-refractivity contribution in [2.24, 2.45) is 0 Å². The van der Waals surface area contributed by atoms with Crippen LogP contribution in [0.4, 0.5) is 4.79 Å². The summed E-state index contributed by atoms with van der Waals surface area (Å²) in [7, 11) is 0. The SMILES string of the molecule is O=C(O)Oc1ccc2nccn2c1. The Kier molecular flexibility index (Phi) is 1.63. The molecule has 0 radical (unpaired) electrons. The number of aromatic nitrogens is 2. The molecule has 0 atom stereocenters. The van der Waals surface area contributed by atoms with Gasteiger partial charge in [-0.3, -0.25) is 0 Å². The first-order valence-electron chi connectivity index (χ1n) is 3.59. The van der Waals surface area contributed by atoms with Gasteiger partial charge >= 0.3 is 6.16 Å². The number of hydrogen-bond acceptors (Lipinski definition) is 3. The van der Waals surface area contributed by atoms with Crippen molar-refractivity contribution in [3.05, 3.63) is 30.7 Å². The highest BCUT2D eigenvalue weighted by Gasteiger charge is 2.01. The number of nitrogens with zero attached hydrogens (tertiary/aromatic N) is 2. The molecule has 5 nitrogen and oxygen atoms in total. The third kappa shape index (κ3) is 1.44. The number of ether oxygens (including phenoxy) is 1. The van der Waals surface area contributed by atoms with E-state index in [1.807, 2.05) is 0 Å². The quantitative estimate of drug-likeness (QED) is 0.670. The highest BCUT2D eigenvalue weighted by atomic mass is 16.7. The third-order valence-electron chi connectivity index (χ3n) is 1.57. The van der Waals surface area contributed by atoms with E-state index in [0.717, 1.165) is 5.65 Å². The zero-order valence-corrected chi connectivity index (χ0v) is 6.54. The average molecular weight is 178 g/mol. The Morgan fingerprint density at radius 2 is 2.38 bits per heavy atom. The number of rotatable bonds is 1. The molecular formula is C8H6N2O3. The maximum absolute atomic E-state index is 10.2. The first-order chi connectivity index (χ1) is 6.25. The Labute approximate surface area is 73.2 Å². The lowest BCUT2D eigenvalue weighted by Gasteiger charge is -1.99. The largest absolute Gasteiger partial charge is 0.511 e. The summed E-state index contributed by atoms with van der Waals surface area (Å²) in [6.07, 6.45) is 3.57. The van der Waals surface area contributed by atoms with E-state index in [4.69, 9.17) is 5.11 Å². The van der Waals surface area contributed by atoms with E-state index in [0.29, 0.717) is 0 Å². The van der Waals surface area contributed by atoms with Crippen LogP contribution in [0.2, 0.25) is 0 Å². The van der Waals surface area contributed by atoms with E-state index in [9.17, 15) is 4.79 Å². The van der Waals surface area contributed by atoms with Gasteiger partial charge in [0.15, 0.2) is 5.75 Å². The molecule has 2 heterocycles. The molecule has 2 rings (SSSR count). The summed E-state index contributed by atoms with van der Waals surface area (Å²) in [5, 5.41) is 8.34. The third-order valence-corrected chi connectivity index (χ3v) is 1.57. The molecular weight excluding hydrogens is 172 g/mol. The molecule has 0 fully saturated rings. The van der Waals surface area contributed by atoms with Gasteiger partial charge < -0.3 is 14.2 Å². The molecule has 0 saturated heterocycles. The van der Waals surface area contributed by atoms with Crippen molar-refractivity contribution in [1.29, 1.82) is 0 Å². The molecule has 66 valence electrons. The summed E-state index contributed by atoms with van der Waals surface area (Å²) in [6, 6.07) is 3.23. The van der Waals surface area contributed by atoms with Crippen LogP contribution < -0.4 is 4.74 Å². The summed E-state index contributed by atoms with van der Waals surface area (Å²) in [4.78, 5) is 14.2. The molecule has 2 aromatic heterocycles. The van der Waals surface area contributed by atoms with Gasteiger partial charge in [0.2, 0.25) is 0 Å². The number of carboxylic acid groups (broad SMARTS) is 1. The first kappa shape index (κ1) is 7.60. The number of carbonyl (C=O) groups is 1. The topological polar surface area (TPSA) is 63.8 Å². The Balaban J connectivity index is 2.42. The zero-order chi connectivity index (χ0) is 9.26. The molecule has 0 aromatic carbocycles. The van der Waals surface area contributed by atoms with Crippen molar-refractivity contribution in [3.63, 3.8) is 0 Å². The highest BCUT2D eigenvalue weighted by Crippen LogP contribution is 2.11. The second kappa shape index (κ2) is 2.78. The molecule has 0 saturated carbocycles. The highest BCUT2D eigenvalue weighted by molar-refractivity contribution is 5.61. The van der Waals surface area contributed by atoms with Crippen LogP contribution in [-0.2, 0) is 0 Å². The van der Waals surface area contributed by atoms with Crippen molar-refractivity contribution in [2.45, 2.75) is 0 Å². The van der Waals surface area contributed by atoms with Crippen molar-refractivity contribution in [1.82, 2.24) is 9.38 Å². The standard InChI is InChI=1S/C8H6N2O3/c11-8(12)13-6-1-2-7-9-3-4-10(7)5-6/h1-5H,(H,11,12). The minimum absolute atomic E-state index is 0.276. The van der Waals surface area contributed by atoms with Crippen LogP contribution in [0.15, 0.2) is 30.7 Å². The molecule has 0 bridgehead atoms. The van der Waals surface area contributed by atoms with Gasteiger partial charge in [0.05, 0.1) is 6.20 Å². The van der Waals surface area contributed by atoms with Gasteiger partial charge in [0.1, 0.15) is 5.65 Å². The Morgan fingerprint density at radius 1 is 1.54 bits per heavy atom. The summed E-state index contributed by atoms with van der Waals surface area (Å²) in [6.45, 7) is 0. The monoisotopic (exact) mass is 178 g/mol. The van der Waals surface area contributed by atoms with Crippen LogP contribution in [0, 0.1) is 0 Å². The predicted octanol–water partition coefficient (Wildman–Crippen LogP) is 1.39. The van der Waals surface area contributed by atoms with Gasteiger partial charge in [-0.05, 0) is 12.1 Å². The average Bonchev–Trinajstić information content (AvgIpc) is 2.49. The first-order valence-corrected chi connectivity index (χ1v) is 3.59. The Hall–Kier alpha value is -2.04. The summed E-state index contributed by atoms with van der Waals surface area (Å²) in [5.74, 6) is 0.276. The number of fused-ring (bicyclic) bond motifs is 1. The second-order valence-electron chi connectivity index (χ2n) is 2.43. The van der Waals surface area contributed by atoms with Crippen LogP contribution in [0.5, 0.6) is 5.75 Å². The fourth-order valence-corrected chi connectivity index (χ4v) is 1.06. The van der Waals surface area contributed by atoms with E-state index in [-0.39, 0.29) is 5.75 Å². The van der Waals surface area contributed by atoms with Gasteiger partial charge in [0, 0.05) is 12.4 Å². The maximum atomic E-state index is 10.2. The molecule has 0 aliphatic carbocycles. The predicted molar refractivity (Wildman–Crippen MR) is 43.8 cm³/mol. The molecule has 0 aliphatic rings. The maximum Gasteiger partial charge on any atom is 0.511 e. The molecule has 2 aromatic rings. The van der Waals surface area contributed by atoms with E-state index in [1.54, 1.807) is 35.1 Å². The van der Waals surface area contributed by atoms with Gasteiger partial charge in [0.25, 0.3) is 0 Å². The minimum Gasteiger partial charge on any atom is -0.449 e. The Morgan fingerprint density at radius 3 is 3.15 bits per heavy atom. The molecule has 13 heavy (non-hydrogen) atoms. The van der Waals surface area contributed by atoms with E-state index < -0.39 is 6.16 Å². The van der Waals surface area contributed by atoms with E-state index >= 15 is 0 Å². The fourth-order valence-electron chi connectivity index (χ4n) is 1.06. The van der Waals surface area contributed by atoms with Crippen molar-refractivity contribution in [3.8, 4) is 5.75 Å². The second-order valence-corrected chi connectivity index (χ2v) is 2.43. The fraction of sp³-hybridized carbons (Fsp3) is 0. The van der Waals surface area contributed by atoms with Crippen molar-refractivity contribution < 1.29 is 14.6 Å². The lowest BCUT2D eigenvalue weighted by atomic mass is 10.4.